The summed E-state index contributed by atoms with van der Waals surface area (Å²) >= 11 is 0. The zero-order valence-corrected chi connectivity index (χ0v) is 21.1. The summed E-state index contributed by atoms with van der Waals surface area (Å²) in [4.78, 5) is 31.7. The predicted octanol–water partition coefficient (Wildman–Crippen LogP) is 5.85. The second-order valence-corrected chi connectivity index (χ2v) is 8.77. The number of esters is 1. The Kier molecular flexibility index (Phi) is 8.60. The van der Waals surface area contributed by atoms with Gasteiger partial charge in [0, 0.05) is 37.4 Å². The molecule has 0 aliphatic rings. The van der Waals surface area contributed by atoms with E-state index in [4.69, 9.17) is 4.74 Å². The molecule has 2 heterocycles. The van der Waals surface area contributed by atoms with Crippen LogP contribution in [0.3, 0.4) is 0 Å². The molecule has 0 spiro atoms. The fourth-order valence-corrected chi connectivity index (χ4v) is 4.06. The summed E-state index contributed by atoms with van der Waals surface area (Å²) < 4.78 is 45.5. The Balaban J connectivity index is 1.61. The molecule has 4 rings (SSSR count). The van der Waals surface area contributed by atoms with Crippen LogP contribution in [0.15, 0.2) is 104 Å². The topological polar surface area (TPSA) is 64.4 Å². The predicted molar refractivity (Wildman–Crippen MR) is 141 cm³/mol. The zero-order valence-electron chi connectivity index (χ0n) is 21.1. The Morgan fingerprint density at radius 3 is 2.15 bits per heavy atom. The van der Waals surface area contributed by atoms with Crippen LogP contribution in [0.2, 0.25) is 0 Å². The van der Waals surface area contributed by atoms with Gasteiger partial charge in [0.05, 0.1) is 19.2 Å². The summed E-state index contributed by atoms with van der Waals surface area (Å²) in [5.41, 5.74) is 2.38. The molecule has 0 fully saturated rings. The van der Waals surface area contributed by atoms with Crippen LogP contribution < -0.4 is 0 Å². The van der Waals surface area contributed by atoms with Crippen molar-refractivity contribution in [2.24, 2.45) is 0 Å². The first-order valence-electron chi connectivity index (χ1n) is 12.1. The van der Waals surface area contributed by atoms with E-state index in [1.165, 1.54) is 36.3 Å². The number of carbonyl (C=O) groups excluding carboxylic acids is 2. The first kappa shape index (κ1) is 27.4. The lowest BCUT2D eigenvalue weighted by atomic mass is 10.0. The van der Waals surface area contributed by atoms with Gasteiger partial charge in [-0.3, -0.25) is 9.78 Å². The van der Waals surface area contributed by atoms with E-state index < -0.39 is 29.7 Å². The number of hydrogen-bond acceptors (Lipinski definition) is 4. The number of nitrogens with zero attached hydrogens (tertiary/aromatic N) is 3. The van der Waals surface area contributed by atoms with Gasteiger partial charge < -0.3 is 14.2 Å². The number of halogens is 3. The highest BCUT2D eigenvalue weighted by Gasteiger charge is 2.31. The van der Waals surface area contributed by atoms with Gasteiger partial charge in [0.2, 0.25) is 5.91 Å². The Morgan fingerprint density at radius 2 is 1.56 bits per heavy atom. The first-order valence-corrected chi connectivity index (χ1v) is 12.1. The normalized spacial score (nSPS) is 12.3. The van der Waals surface area contributed by atoms with Gasteiger partial charge in [-0.05, 0) is 64.7 Å². The molecular formula is C30H26F3N3O3. The molecule has 200 valence electrons. The average Bonchev–Trinajstić information content (AvgIpc) is 3.47. The summed E-state index contributed by atoms with van der Waals surface area (Å²) in [5.74, 6) is -1.08. The van der Waals surface area contributed by atoms with E-state index in [2.05, 4.69) is 4.98 Å². The molecule has 1 unspecified atom stereocenters. The molecule has 0 saturated carbocycles. The molecule has 9 heteroatoms. The van der Waals surface area contributed by atoms with E-state index in [0.717, 1.165) is 28.8 Å². The molecule has 0 bridgehead atoms. The number of ether oxygens (including phenoxy) is 1. The monoisotopic (exact) mass is 533 g/mol. The number of benzene rings is 2. The van der Waals surface area contributed by atoms with Crippen molar-refractivity contribution in [1.29, 1.82) is 0 Å². The SMILES string of the molecule is COC(=O)C(Cn1cccc1)N(Cc1ccc(-c2ccncc2)cc1)C(=O)/C=C/c1ccc(C(F)(F)F)cc1. The molecule has 2 aromatic carbocycles. The van der Waals surface area contributed by atoms with Crippen LogP contribution in [0.25, 0.3) is 17.2 Å². The summed E-state index contributed by atoms with van der Waals surface area (Å²) in [7, 11) is 1.26. The Morgan fingerprint density at radius 1 is 0.949 bits per heavy atom. The van der Waals surface area contributed by atoms with Gasteiger partial charge in [0.25, 0.3) is 0 Å². The standard InChI is InChI=1S/C30H26F3N3O3/c1-39-29(38)27(21-35-18-2-3-19-35)36(20-23-4-9-24(10-5-23)25-14-16-34-17-15-25)28(37)13-8-22-6-11-26(12-7-22)30(31,32)33/h2-19,27H,20-21H2,1H3/b13-8+. The molecule has 6 nitrogen and oxygen atoms in total. The maximum atomic E-state index is 13.5. The number of carbonyl (C=O) groups is 2. The number of alkyl halides is 3. The van der Waals surface area contributed by atoms with E-state index in [-0.39, 0.29) is 13.1 Å². The van der Waals surface area contributed by atoms with Crippen molar-refractivity contribution in [3.05, 3.63) is 120 Å². The highest BCUT2D eigenvalue weighted by atomic mass is 19.4. The van der Waals surface area contributed by atoms with E-state index in [0.29, 0.717) is 5.56 Å². The summed E-state index contributed by atoms with van der Waals surface area (Å²) in [6, 6.07) is 18.5. The molecule has 39 heavy (non-hydrogen) atoms. The van der Waals surface area contributed by atoms with Crippen molar-refractivity contribution in [1.82, 2.24) is 14.5 Å². The summed E-state index contributed by atoms with van der Waals surface area (Å²) in [6.45, 7) is 0.266. The zero-order chi connectivity index (χ0) is 27.8. The third-order valence-electron chi connectivity index (χ3n) is 6.16. The minimum atomic E-state index is -4.45. The molecule has 0 N–H and O–H groups in total. The molecule has 1 atom stereocenters. The Labute approximate surface area is 224 Å². The number of methoxy groups -OCH3 is 1. The molecule has 2 aromatic heterocycles. The minimum absolute atomic E-state index is 0.105. The van der Waals surface area contributed by atoms with Gasteiger partial charge in [-0.2, -0.15) is 13.2 Å². The smallest absolute Gasteiger partial charge is 0.416 e. The fraction of sp³-hybridized carbons (Fsp3) is 0.167. The van der Waals surface area contributed by atoms with Crippen LogP contribution in [0.4, 0.5) is 13.2 Å². The second-order valence-electron chi connectivity index (χ2n) is 8.77. The maximum absolute atomic E-state index is 13.5. The van der Waals surface area contributed by atoms with Crippen LogP contribution in [0, 0.1) is 0 Å². The lowest BCUT2D eigenvalue weighted by molar-refractivity contribution is -0.152. The van der Waals surface area contributed by atoms with Gasteiger partial charge in [-0.25, -0.2) is 4.79 Å². The van der Waals surface area contributed by atoms with Crippen molar-refractivity contribution < 1.29 is 27.5 Å². The van der Waals surface area contributed by atoms with Crippen LogP contribution in [-0.4, -0.2) is 39.5 Å². The maximum Gasteiger partial charge on any atom is 0.416 e. The van der Waals surface area contributed by atoms with Crippen LogP contribution >= 0.6 is 0 Å². The van der Waals surface area contributed by atoms with Gasteiger partial charge in [0.15, 0.2) is 0 Å². The van der Waals surface area contributed by atoms with E-state index in [1.54, 1.807) is 29.4 Å². The number of aromatic nitrogens is 2. The molecule has 0 radical (unpaired) electrons. The molecule has 0 saturated heterocycles. The van der Waals surface area contributed by atoms with Crippen molar-refractivity contribution >= 4 is 18.0 Å². The molecular weight excluding hydrogens is 507 g/mol. The average molecular weight is 534 g/mol. The number of rotatable bonds is 9. The van der Waals surface area contributed by atoms with E-state index in [9.17, 15) is 22.8 Å². The molecule has 1 amide bonds. The lowest BCUT2D eigenvalue weighted by Crippen LogP contribution is -2.46. The molecule has 0 aliphatic heterocycles. The third-order valence-corrected chi connectivity index (χ3v) is 6.16. The summed E-state index contributed by atoms with van der Waals surface area (Å²) in [6.07, 6.45) is 5.18. The van der Waals surface area contributed by atoms with E-state index in [1.807, 2.05) is 48.5 Å². The quantitative estimate of drug-likeness (QED) is 0.200. The highest BCUT2D eigenvalue weighted by molar-refractivity contribution is 5.94. The highest BCUT2D eigenvalue weighted by Crippen LogP contribution is 2.29. The van der Waals surface area contributed by atoms with Gasteiger partial charge in [0.1, 0.15) is 6.04 Å². The van der Waals surface area contributed by atoms with Crippen molar-refractivity contribution in [3.63, 3.8) is 0 Å². The second kappa shape index (κ2) is 12.3. The number of pyridine rings is 1. The Bertz CT molecular complexity index is 1400. The van der Waals surface area contributed by atoms with Crippen molar-refractivity contribution in [3.8, 4) is 11.1 Å². The van der Waals surface area contributed by atoms with Crippen LogP contribution in [0.1, 0.15) is 16.7 Å². The lowest BCUT2D eigenvalue weighted by Gasteiger charge is -2.29. The number of hydrogen-bond donors (Lipinski definition) is 0. The fourth-order valence-electron chi connectivity index (χ4n) is 4.06. The van der Waals surface area contributed by atoms with Gasteiger partial charge >= 0.3 is 12.1 Å². The van der Waals surface area contributed by atoms with Crippen LogP contribution in [-0.2, 0) is 33.6 Å². The summed E-state index contributed by atoms with van der Waals surface area (Å²) in [5, 5.41) is 0. The molecule has 4 aromatic rings. The van der Waals surface area contributed by atoms with Crippen molar-refractivity contribution in [2.45, 2.75) is 25.3 Å². The van der Waals surface area contributed by atoms with E-state index >= 15 is 0 Å². The van der Waals surface area contributed by atoms with Gasteiger partial charge in [-0.1, -0.05) is 36.4 Å². The molecule has 0 aliphatic carbocycles. The minimum Gasteiger partial charge on any atom is -0.467 e. The Hall–Kier alpha value is -4.66. The third kappa shape index (κ3) is 7.22. The van der Waals surface area contributed by atoms with Gasteiger partial charge in [-0.15, -0.1) is 0 Å². The van der Waals surface area contributed by atoms with Crippen LogP contribution in [0.5, 0.6) is 0 Å². The van der Waals surface area contributed by atoms with Crippen molar-refractivity contribution in [2.75, 3.05) is 7.11 Å². The first-order chi connectivity index (χ1) is 18.7. The number of amides is 1. The largest absolute Gasteiger partial charge is 0.467 e.